The molecule has 0 aliphatic rings. The van der Waals surface area contributed by atoms with E-state index in [0.717, 1.165) is 29.1 Å². The maximum atomic E-state index is 13.0. The van der Waals surface area contributed by atoms with Crippen molar-refractivity contribution >= 4 is 5.82 Å². The molecule has 0 saturated carbocycles. The van der Waals surface area contributed by atoms with E-state index in [2.05, 4.69) is 27.5 Å². The Labute approximate surface area is 145 Å². The van der Waals surface area contributed by atoms with Crippen LogP contribution in [0.1, 0.15) is 18.2 Å². The highest BCUT2D eigenvalue weighted by molar-refractivity contribution is 5.59. The van der Waals surface area contributed by atoms with Crippen LogP contribution in [0.5, 0.6) is 5.88 Å². The Bertz CT molecular complexity index is 843. The predicted molar refractivity (Wildman–Crippen MR) is 93.9 cm³/mol. The topological polar surface area (TPSA) is 64.9 Å². The maximum Gasteiger partial charge on any atom is 0.216 e. The maximum absolute atomic E-state index is 13.0. The molecule has 1 N–H and O–H groups in total. The second kappa shape index (κ2) is 7.29. The SMILES string of the molecule is CCc1nn(C)c(OC)c1CNc1ccc(-c2ccc(F)cc2)nn1. The summed E-state index contributed by atoms with van der Waals surface area (Å²) >= 11 is 0. The van der Waals surface area contributed by atoms with Crippen molar-refractivity contribution in [3.8, 4) is 17.1 Å². The Balaban J connectivity index is 1.73. The van der Waals surface area contributed by atoms with E-state index >= 15 is 0 Å². The molecule has 3 rings (SSSR count). The fourth-order valence-corrected chi connectivity index (χ4v) is 2.70. The third kappa shape index (κ3) is 3.60. The summed E-state index contributed by atoms with van der Waals surface area (Å²) in [4.78, 5) is 0. The van der Waals surface area contributed by atoms with E-state index in [9.17, 15) is 4.39 Å². The molecule has 0 spiro atoms. The Morgan fingerprint density at radius 1 is 1.12 bits per heavy atom. The van der Waals surface area contributed by atoms with Crippen molar-refractivity contribution in [3.63, 3.8) is 0 Å². The smallest absolute Gasteiger partial charge is 0.216 e. The molecule has 7 heteroatoms. The monoisotopic (exact) mass is 341 g/mol. The number of methoxy groups -OCH3 is 1. The number of aryl methyl sites for hydroxylation is 2. The first-order valence-corrected chi connectivity index (χ1v) is 8.04. The van der Waals surface area contributed by atoms with Gasteiger partial charge in [0.05, 0.1) is 24.1 Å². The number of hydrogen-bond acceptors (Lipinski definition) is 5. The van der Waals surface area contributed by atoms with Crippen molar-refractivity contribution in [2.24, 2.45) is 7.05 Å². The first-order valence-electron chi connectivity index (χ1n) is 8.04. The second-order valence-corrected chi connectivity index (χ2v) is 5.58. The third-order valence-corrected chi connectivity index (χ3v) is 3.95. The summed E-state index contributed by atoms with van der Waals surface area (Å²) in [5.74, 6) is 1.12. The molecule has 0 aliphatic heterocycles. The Morgan fingerprint density at radius 3 is 2.48 bits per heavy atom. The summed E-state index contributed by atoms with van der Waals surface area (Å²) in [5, 5.41) is 16.1. The molecular formula is C18H20FN5O. The van der Waals surface area contributed by atoms with Crippen molar-refractivity contribution in [2.75, 3.05) is 12.4 Å². The summed E-state index contributed by atoms with van der Waals surface area (Å²) in [6.07, 6.45) is 0.823. The van der Waals surface area contributed by atoms with Gasteiger partial charge in [0, 0.05) is 19.2 Å². The quantitative estimate of drug-likeness (QED) is 0.746. The zero-order chi connectivity index (χ0) is 17.8. The van der Waals surface area contributed by atoms with E-state index in [1.54, 1.807) is 23.9 Å². The van der Waals surface area contributed by atoms with Gasteiger partial charge in [-0.15, -0.1) is 10.2 Å². The fraction of sp³-hybridized carbons (Fsp3) is 0.278. The molecule has 2 aromatic heterocycles. The summed E-state index contributed by atoms with van der Waals surface area (Å²) in [7, 11) is 3.50. The molecule has 3 aromatic rings. The Kier molecular flexibility index (Phi) is 4.92. The van der Waals surface area contributed by atoms with Gasteiger partial charge in [-0.05, 0) is 42.8 Å². The van der Waals surface area contributed by atoms with E-state index < -0.39 is 0 Å². The van der Waals surface area contributed by atoms with Gasteiger partial charge in [-0.1, -0.05) is 6.92 Å². The molecule has 1 aromatic carbocycles. The van der Waals surface area contributed by atoms with Crippen LogP contribution in [0.25, 0.3) is 11.3 Å². The number of nitrogens with one attached hydrogen (secondary N) is 1. The summed E-state index contributed by atoms with van der Waals surface area (Å²) in [6, 6.07) is 9.87. The van der Waals surface area contributed by atoms with Crippen molar-refractivity contribution in [2.45, 2.75) is 19.9 Å². The van der Waals surface area contributed by atoms with Gasteiger partial charge in [-0.3, -0.25) is 0 Å². The van der Waals surface area contributed by atoms with Crippen LogP contribution >= 0.6 is 0 Å². The van der Waals surface area contributed by atoms with Crippen LogP contribution < -0.4 is 10.1 Å². The van der Waals surface area contributed by atoms with Gasteiger partial charge in [0.25, 0.3) is 0 Å². The number of aromatic nitrogens is 4. The lowest BCUT2D eigenvalue weighted by atomic mass is 10.1. The van der Waals surface area contributed by atoms with Crippen molar-refractivity contribution in [1.29, 1.82) is 0 Å². The van der Waals surface area contributed by atoms with E-state index in [4.69, 9.17) is 4.74 Å². The first-order chi connectivity index (χ1) is 12.1. The minimum atomic E-state index is -0.271. The van der Waals surface area contributed by atoms with Gasteiger partial charge in [0.15, 0.2) is 0 Å². The number of ether oxygens (including phenoxy) is 1. The highest BCUT2D eigenvalue weighted by Gasteiger charge is 2.15. The van der Waals surface area contributed by atoms with Crippen LogP contribution in [-0.2, 0) is 20.0 Å². The number of halogens is 1. The molecule has 0 atom stereocenters. The van der Waals surface area contributed by atoms with Gasteiger partial charge in [0.2, 0.25) is 5.88 Å². The lowest BCUT2D eigenvalue weighted by Crippen LogP contribution is -2.05. The number of hydrogen-bond donors (Lipinski definition) is 1. The van der Waals surface area contributed by atoms with Crippen molar-refractivity contribution in [3.05, 3.63) is 53.5 Å². The van der Waals surface area contributed by atoms with E-state index in [1.165, 1.54) is 12.1 Å². The number of nitrogens with zero attached hydrogens (tertiary/aromatic N) is 4. The average Bonchev–Trinajstić information content (AvgIpc) is 2.95. The van der Waals surface area contributed by atoms with Crippen LogP contribution in [0.2, 0.25) is 0 Å². The van der Waals surface area contributed by atoms with Crippen LogP contribution in [0, 0.1) is 5.82 Å². The molecule has 0 amide bonds. The molecule has 25 heavy (non-hydrogen) atoms. The molecule has 0 aliphatic carbocycles. The van der Waals surface area contributed by atoms with E-state index in [0.29, 0.717) is 18.1 Å². The minimum absolute atomic E-state index is 0.271. The van der Waals surface area contributed by atoms with Crippen molar-refractivity contribution in [1.82, 2.24) is 20.0 Å². The van der Waals surface area contributed by atoms with Crippen LogP contribution in [0.3, 0.4) is 0 Å². The van der Waals surface area contributed by atoms with Gasteiger partial charge >= 0.3 is 0 Å². The van der Waals surface area contributed by atoms with Crippen LogP contribution in [-0.4, -0.2) is 27.1 Å². The normalized spacial score (nSPS) is 10.7. The summed E-state index contributed by atoms with van der Waals surface area (Å²) in [6.45, 7) is 2.60. The minimum Gasteiger partial charge on any atom is -0.481 e. The molecule has 6 nitrogen and oxygen atoms in total. The van der Waals surface area contributed by atoms with E-state index in [-0.39, 0.29) is 5.82 Å². The zero-order valence-electron chi connectivity index (χ0n) is 14.5. The largest absolute Gasteiger partial charge is 0.481 e. The fourth-order valence-electron chi connectivity index (χ4n) is 2.70. The molecule has 0 bridgehead atoms. The first kappa shape index (κ1) is 16.9. The van der Waals surface area contributed by atoms with Gasteiger partial charge in [-0.25, -0.2) is 9.07 Å². The van der Waals surface area contributed by atoms with Gasteiger partial charge in [-0.2, -0.15) is 5.10 Å². The van der Waals surface area contributed by atoms with Crippen LogP contribution in [0.4, 0.5) is 10.2 Å². The lowest BCUT2D eigenvalue weighted by Gasteiger charge is -2.08. The molecule has 0 unspecified atom stereocenters. The van der Waals surface area contributed by atoms with Gasteiger partial charge < -0.3 is 10.1 Å². The molecule has 0 saturated heterocycles. The van der Waals surface area contributed by atoms with Crippen LogP contribution in [0.15, 0.2) is 36.4 Å². The average molecular weight is 341 g/mol. The Morgan fingerprint density at radius 2 is 1.88 bits per heavy atom. The molecule has 2 heterocycles. The zero-order valence-corrected chi connectivity index (χ0v) is 14.5. The highest BCUT2D eigenvalue weighted by Crippen LogP contribution is 2.23. The number of benzene rings is 1. The third-order valence-electron chi connectivity index (χ3n) is 3.95. The Hall–Kier alpha value is -2.96. The lowest BCUT2D eigenvalue weighted by molar-refractivity contribution is 0.369. The summed E-state index contributed by atoms with van der Waals surface area (Å²) < 4.78 is 20.2. The number of anilines is 1. The molecular weight excluding hydrogens is 321 g/mol. The highest BCUT2D eigenvalue weighted by atomic mass is 19.1. The number of rotatable bonds is 6. The molecule has 0 radical (unpaired) electrons. The molecule has 0 fully saturated rings. The predicted octanol–water partition coefficient (Wildman–Crippen LogP) is 3.20. The molecule has 130 valence electrons. The standard InChI is InChI=1S/C18H20FN5O/c1-4-15-14(18(25-3)24(2)23-15)11-20-17-10-9-16(21-22-17)12-5-7-13(19)8-6-12/h5-10H,4,11H2,1-3H3,(H,20,22). The summed E-state index contributed by atoms with van der Waals surface area (Å²) in [5.41, 5.74) is 3.51. The second-order valence-electron chi connectivity index (χ2n) is 5.58. The van der Waals surface area contributed by atoms with Crippen molar-refractivity contribution < 1.29 is 9.13 Å². The van der Waals surface area contributed by atoms with Gasteiger partial charge in [0.1, 0.15) is 11.6 Å². The van der Waals surface area contributed by atoms with E-state index in [1.807, 2.05) is 19.2 Å².